The maximum Gasteiger partial charge on any atom is 0.243 e. The molecule has 1 fully saturated rings. The lowest BCUT2D eigenvalue weighted by atomic mass is 10.1. The van der Waals surface area contributed by atoms with Crippen molar-refractivity contribution in [3.63, 3.8) is 0 Å². The third-order valence-corrected chi connectivity index (χ3v) is 5.63. The topological polar surface area (TPSA) is 63.4 Å². The molecule has 1 aromatic carbocycles. The zero-order chi connectivity index (χ0) is 13.3. The molecule has 1 aromatic rings. The maximum absolute atomic E-state index is 12.5. The normalized spacial score (nSPS) is 21.4. The predicted molar refractivity (Wildman–Crippen MR) is 71.9 cm³/mol. The van der Waals surface area contributed by atoms with E-state index in [1.807, 2.05) is 19.9 Å². The Bertz CT molecular complexity index is 540. The number of hydrogen-bond acceptors (Lipinski definition) is 3. The van der Waals surface area contributed by atoms with Gasteiger partial charge in [-0.1, -0.05) is 6.07 Å². The van der Waals surface area contributed by atoms with Gasteiger partial charge in [0, 0.05) is 19.1 Å². The average molecular weight is 268 g/mol. The zero-order valence-electron chi connectivity index (χ0n) is 10.9. The quantitative estimate of drug-likeness (QED) is 0.901. The number of nitrogens with two attached hydrogens (primary N) is 1. The molecule has 0 spiro atoms. The SMILES string of the molecule is Cc1ccc(S(=O)(=O)N2CCCC2CN)cc1C. The zero-order valence-corrected chi connectivity index (χ0v) is 11.7. The van der Waals surface area contributed by atoms with Gasteiger partial charge in [-0.2, -0.15) is 4.31 Å². The van der Waals surface area contributed by atoms with E-state index in [0.717, 1.165) is 24.0 Å². The second-order valence-corrected chi connectivity index (χ2v) is 6.78. The van der Waals surface area contributed by atoms with Gasteiger partial charge in [-0.05, 0) is 49.9 Å². The molecule has 2 rings (SSSR count). The van der Waals surface area contributed by atoms with Crippen LogP contribution in [0, 0.1) is 13.8 Å². The van der Waals surface area contributed by atoms with Gasteiger partial charge in [-0.15, -0.1) is 0 Å². The van der Waals surface area contributed by atoms with Crippen LogP contribution in [0.15, 0.2) is 23.1 Å². The number of sulfonamides is 1. The summed E-state index contributed by atoms with van der Waals surface area (Å²) in [5, 5.41) is 0. The molecule has 2 N–H and O–H groups in total. The number of hydrogen-bond donors (Lipinski definition) is 1. The van der Waals surface area contributed by atoms with Crippen molar-refractivity contribution < 1.29 is 8.42 Å². The van der Waals surface area contributed by atoms with Gasteiger partial charge in [-0.3, -0.25) is 0 Å². The van der Waals surface area contributed by atoms with Gasteiger partial charge in [-0.25, -0.2) is 8.42 Å². The van der Waals surface area contributed by atoms with Gasteiger partial charge in [0.15, 0.2) is 0 Å². The Morgan fingerprint density at radius 1 is 1.33 bits per heavy atom. The maximum atomic E-state index is 12.5. The molecular formula is C13H20N2O2S. The van der Waals surface area contributed by atoms with Crippen molar-refractivity contribution in [1.82, 2.24) is 4.31 Å². The average Bonchev–Trinajstić information content (AvgIpc) is 2.81. The highest BCUT2D eigenvalue weighted by Gasteiger charge is 2.34. The number of aryl methyl sites for hydroxylation is 2. The fraction of sp³-hybridized carbons (Fsp3) is 0.538. The van der Waals surface area contributed by atoms with Crippen molar-refractivity contribution in [3.05, 3.63) is 29.3 Å². The van der Waals surface area contributed by atoms with Gasteiger partial charge < -0.3 is 5.73 Å². The molecule has 1 atom stereocenters. The summed E-state index contributed by atoms with van der Waals surface area (Å²) < 4.78 is 26.6. The first-order chi connectivity index (χ1) is 8.46. The summed E-state index contributed by atoms with van der Waals surface area (Å²) in [6.07, 6.45) is 1.76. The van der Waals surface area contributed by atoms with Gasteiger partial charge in [0.25, 0.3) is 0 Å². The Morgan fingerprint density at radius 2 is 2.06 bits per heavy atom. The highest BCUT2D eigenvalue weighted by atomic mass is 32.2. The van der Waals surface area contributed by atoms with Gasteiger partial charge >= 0.3 is 0 Å². The Hall–Kier alpha value is -0.910. The Morgan fingerprint density at radius 3 is 2.67 bits per heavy atom. The van der Waals surface area contributed by atoms with Crippen molar-refractivity contribution in [2.45, 2.75) is 37.6 Å². The highest BCUT2D eigenvalue weighted by Crippen LogP contribution is 2.26. The summed E-state index contributed by atoms with van der Waals surface area (Å²) in [5.74, 6) is 0. The van der Waals surface area contributed by atoms with Crippen LogP contribution in [-0.4, -0.2) is 31.9 Å². The minimum absolute atomic E-state index is 0.0448. The van der Waals surface area contributed by atoms with E-state index in [4.69, 9.17) is 5.73 Å². The molecule has 0 saturated carbocycles. The molecule has 0 amide bonds. The van der Waals surface area contributed by atoms with Crippen LogP contribution in [0.2, 0.25) is 0 Å². The van der Waals surface area contributed by atoms with Crippen LogP contribution in [0.25, 0.3) is 0 Å². The van der Waals surface area contributed by atoms with E-state index in [9.17, 15) is 8.42 Å². The molecule has 18 heavy (non-hydrogen) atoms. The molecule has 1 heterocycles. The van der Waals surface area contributed by atoms with Crippen molar-refractivity contribution in [2.75, 3.05) is 13.1 Å². The monoisotopic (exact) mass is 268 g/mol. The third-order valence-electron chi connectivity index (χ3n) is 3.68. The molecule has 1 aliphatic heterocycles. The molecule has 4 nitrogen and oxygen atoms in total. The van der Waals surface area contributed by atoms with E-state index < -0.39 is 10.0 Å². The van der Waals surface area contributed by atoms with Crippen LogP contribution in [-0.2, 0) is 10.0 Å². The van der Waals surface area contributed by atoms with E-state index in [1.165, 1.54) is 0 Å². The summed E-state index contributed by atoms with van der Waals surface area (Å²) in [6, 6.07) is 5.24. The van der Waals surface area contributed by atoms with Crippen LogP contribution in [0.4, 0.5) is 0 Å². The molecule has 100 valence electrons. The molecule has 5 heteroatoms. The lowest BCUT2D eigenvalue weighted by molar-refractivity contribution is 0.393. The first kappa shape index (κ1) is 13.5. The van der Waals surface area contributed by atoms with Crippen molar-refractivity contribution in [1.29, 1.82) is 0 Å². The Balaban J connectivity index is 2.38. The van der Waals surface area contributed by atoms with E-state index in [0.29, 0.717) is 18.0 Å². The summed E-state index contributed by atoms with van der Waals surface area (Å²) >= 11 is 0. The van der Waals surface area contributed by atoms with Crippen molar-refractivity contribution in [2.24, 2.45) is 5.73 Å². The summed E-state index contributed by atoms with van der Waals surface area (Å²) in [5.41, 5.74) is 7.75. The number of nitrogens with zero attached hydrogens (tertiary/aromatic N) is 1. The first-order valence-corrected chi connectivity index (χ1v) is 7.70. The standard InChI is InChI=1S/C13H20N2O2S/c1-10-5-6-13(8-11(10)2)18(16,17)15-7-3-4-12(15)9-14/h5-6,8,12H,3-4,7,9,14H2,1-2H3. The first-order valence-electron chi connectivity index (χ1n) is 6.26. The molecule has 0 bridgehead atoms. The summed E-state index contributed by atoms with van der Waals surface area (Å²) in [4.78, 5) is 0.381. The third kappa shape index (κ3) is 2.30. The largest absolute Gasteiger partial charge is 0.329 e. The predicted octanol–water partition coefficient (Wildman–Crippen LogP) is 1.42. The molecule has 0 radical (unpaired) electrons. The molecule has 0 aromatic heterocycles. The number of rotatable bonds is 3. The Kier molecular flexibility index (Phi) is 3.75. The van der Waals surface area contributed by atoms with E-state index in [-0.39, 0.29) is 6.04 Å². The molecule has 1 unspecified atom stereocenters. The highest BCUT2D eigenvalue weighted by molar-refractivity contribution is 7.89. The lowest BCUT2D eigenvalue weighted by Crippen LogP contribution is -2.39. The van der Waals surface area contributed by atoms with Crippen LogP contribution in [0.1, 0.15) is 24.0 Å². The second kappa shape index (κ2) is 4.99. The van der Waals surface area contributed by atoms with Crippen molar-refractivity contribution >= 4 is 10.0 Å². The van der Waals surface area contributed by atoms with Crippen LogP contribution in [0.5, 0.6) is 0 Å². The summed E-state index contributed by atoms with van der Waals surface area (Å²) in [6.45, 7) is 4.88. The molecule has 1 saturated heterocycles. The van der Waals surface area contributed by atoms with Crippen molar-refractivity contribution in [3.8, 4) is 0 Å². The lowest BCUT2D eigenvalue weighted by Gasteiger charge is -2.23. The Labute approximate surface area is 109 Å². The van der Waals surface area contributed by atoms with Crippen LogP contribution >= 0.6 is 0 Å². The van der Waals surface area contributed by atoms with Crippen LogP contribution < -0.4 is 5.73 Å². The molecular weight excluding hydrogens is 248 g/mol. The van der Waals surface area contributed by atoms with E-state index in [2.05, 4.69) is 0 Å². The van der Waals surface area contributed by atoms with Gasteiger partial charge in [0.2, 0.25) is 10.0 Å². The van der Waals surface area contributed by atoms with Crippen LogP contribution in [0.3, 0.4) is 0 Å². The molecule has 0 aliphatic carbocycles. The molecule has 1 aliphatic rings. The van der Waals surface area contributed by atoms with Gasteiger partial charge in [0.05, 0.1) is 4.90 Å². The number of benzene rings is 1. The second-order valence-electron chi connectivity index (χ2n) is 4.89. The minimum atomic E-state index is -3.39. The minimum Gasteiger partial charge on any atom is -0.329 e. The smallest absolute Gasteiger partial charge is 0.243 e. The fourth-order valence-corrected chi connectivity index (χ4v) is 4.16. The van der Waals surface area contributed by atoms with E-state index >= 15 is 0 Å². The van der Waals surface area contributed by atoms with Gasteiger partial charge in [0.1, 0.15) is 0 Å². The summed E-state index contributed by atoms with van der Waals surface area (Å²) in [7, 11) is -3.39. The van der Waals surface area contributed by atoms with E-state index in [1.54, 1.807) is 16.4 Å². The fourth-order valence-electron chi connectivity index (χ4n) is 2.37.